The number of methoxy groups -OCH3 is 1. The molecule has 0 saturated carbocycles. The molecule has 32 heavy (non-hydrogen) atoms. The Morgan fingerprint density at radius 3 is 2.84 bits per heavy atom. The van der Waals surface area contributed by atoms with Gasteiger partial charge in [-0.1, -0.05) is 13.8 Å². The van der Waals surface area contributed by atoms with Gasteiger partial charge in [0.2, 0.25) is 0 Å². The molecule has 2 aliphatic heterocycles. The molecule has 0 bridgehead atoms. The fourth-order valence-electron chi connectivity index (χ4n) is 4.82. The molecule has 0 amide bonds. The maximum atomic E-state index is 14.5. The van der Waals surface area contributed by atoms with Crippen molar-refractivity contribution in [1.29, 1.82) is 0 Å². The van der Waals surface area contributed by atoms with Crippen LogP contribution in [0.1, 0.15) is 38.8 Å². The van der Waals surface area contributed by atoms with Crippen LogP contribution in [0.5, 0.6) is 5.75 Å². The lowest BCUT2D eigenvalue weighted by Crippen LogP contribution is -2.50. The molecule has 3 aromatic rings. The zero-order valence-corrected chi connectivity index (χ0v) is 19.4. The van der Waals surface area contributed by atoms with Gasteiger partial charge < -0.3 is 9.64 Å². The van der Waals surface area contributed by atoms with Crippen molar-refractivity contribution in [1.82, 2.24) is 24.4 Å². The molecule has 0 aliphatic carbocycles. The number of halogens is 1. The van der Waals surface area contributed by atoms with E-state index < -0.39 is 0 Å². The normalized spacial score (nSPS) is 18.9. The number of rotatable bonds is 6. The molecule has 2 fully saturated rings. The monoisotopic (exact) mass is 439 g/mol. The predicted molar refractivity (Wildman–Crippen MR) is 126 cm³/mol. The molecule has 4 heterocycles. The van der Waals surface area contributed by atoms with Gasteiger partial charge in [0.05, 0.1) is 13.3 Å². The summed E-state index contributed by atoms with van der Waals surface area (Å²) < 4.78 is 21.4. The van der Waals surface area contributed by atoms with Gasteiger partial charge in [0.25, 0.3) is 0 Å². The quantitative estimate of drug-likeness (QED) is 0.574. The lowest BCUT2D eigenvalue weighted by atomic mass is 10.1. The van der Waals surface area contributed by atoms with Crippen LogP contribution in [-0.4, -0.2) is 70.3 Å². The molecule has 172 valence electrons. The number of hydrogen-bond donors (Lipinski definition) is 0. The maximum absolute atomic E-state index is 14.5. The van der Waals surface area contributed by atoms with Crippen LogP contribution in [0, 0.1) is 5.82 Å². The highest BCUT2D eigenvalue weighted by molar-refractivity contribution is 5.78. The molecule has 6 nitrogen and oxygen atoms in total. The van der Waals surface area contributed by atoms with E-state index in [2.05, 4.69) is 14.9 Å². The summed E-state index contributed by atoms with van der Waals surface area (Å²) in [6, 6.07) is 7.52. The van der Waals surface area contributed by atoms with Crippen molar-refractivity contribution >= 4 is 5.65 Å². The van der Waals surface area contributed by atoms with Crippen LogP contribution in [0.15, 0.2) is 36.7 Å². The number of nitrogens with zero attached hydrogens (tertiary/aromatic N) is 5. The Bertz CT molecular complexity index is 1040. The lowest BCUT2D eigenvalue weighted by Gasteiger charge is -2.37. The second-order valence-electron chi connectivity index (χ2n) is 8.33. The molecule has 1 atom stereocenters. The van der Waals surface area contributed by atoms with E-state index in [9.17, 15) is 4.39 Å². The minimum atomic E-state index is -0.302. The molecule has 7 heteroatoms. The first-order chi connectivity index (χ1) is 15.7. The number of piperazine rings is 1. The summed E-state index contributed by atoms with van der Waals surface area (Å²) in [5, 5.41) is 4.35. The number of aromatic nitrogens is 3. The summed E-state index contributed by atoms with van der Waals surface area (Å²) in [4.78, 5) is 10.1. The van der Waals surface area contributed by atoms with Crippen molar-refractivity contribution in [3.63, 3.8) is 0 Å². The molecule has 1 aromatic carbocycles. The Balaban J connectivity index is 0.00000119. The maximum Gasteiger partial charge on any atom is 0.163 e. The van der Waals surface area contributed by atoms with E-state index in [1.54, 1.807) is 30.0 Å². The van der Waals surface area contributed by atoms with Crippen molar-refractivity contribution in [3.05, 3.63) is 48.2 Å². The van der Waals surface area contributed by atoms with E-state index in [0.29, 0.717) is 22.5 Å². The van der Waals surface area contributed by atoms with Crippen molar-refractivity contribution in [2.45, 2.75) is 45.6 Å². The Labute approximate surface area is 190 Å². The first-order valence-electron chi connectivity index (χ1n) is 11.8. The number of fused-ring (bicyclic) bond motifs is 2. The van der Waals surface area contributed by atoms with Crippen LogP contribution in [0.2, 0.25) is 0 Å². The van der Waals surface area contributed by atoms with Gasteiger partial charge >= 0.3 is 0 Å². The molecule has 2 aliphatic rings. The topological polar surface area (TPSA) is 45.9 Å². The largest absolute Gasteiger partial charge is 0.497 e. The standard InChI is InChI=1S/C23H28FN5O.C2H6/c1-30-19-6-7-22(24)20(14-19)21-15-25-29-11-8-17(26-23(21)29)4-2-9-27-12-13-28-10-3-5-18(28)16-27;1-2/h6-8,11,14-15,18H,2-5,9-10,12-13,16H2,1H3;1-2H3/t18-;/m0./s1. The highest BCUT2D eigenvalue weighted by Crippen LogP contribution is 2.29. The van der Waals surface area contributed by atoms with Crippen molar-refractivity contribution in [2.24, 2.45) is 0 Å². The Morgan fingerprint density at radius 1 is 1.12 bits per heavy atom. The van der Waals surface area contributed by atoms with Crippen LogP contribution in [0.25, 0.3) is 16.8 Å². The van der Waals surface area contributed by atoms with Crippen LogP contribution in [0.4, 0.5) is 4.39 Å². The Hall–Kier alpha value is -2.51. The lowest BCUT2D eigenvalue weighted by molar-refractivity contribution is 0.104. The predicted octanol–water partition coefficient (Wildman–Crippen LogP) is 4.28. The molecule has 0 N–H and O–H groups in total. The minimum absolute atomic E-state index is 0.302. The third-order valence-electron chi connectivity index (χ3n) is 6.47. The zero-order valence-electron chi connectivity index (χ0n) is 19.4. The Morgan fingerprint density at radius 2 is 2.00 bits per heavy atom. The zero-order chi connectivity index (χ0) is 22.5. The highest BCUT2D eigenvalue weighted by atomic mass is 19.1. The van der Waals surface area contributed by atoms with Crippen LogP contribution in [-0.2, 0) is 6.42 Å². The molecule has 5 rings (SSSR count). The molecule has 0 radical (unpaired) electrons. The summed E-state index contributed by atoms with van der Waals surface area (Å²) >= 11 is 0. The number of ether oxygens (including phenoxy) is 1. The van der Waals surface area contributed by atoms with E-state index >= 15 is 0 Å². The molecular formula is C25H34FN5O. The van der Waals surface area contributed by atoms with Gasteiger partial charge in [-0.05, 0) is 63.0 Å². The summed E-state index contributed by atoms with van der Waals surface area (Å²) in [6.07, 6.45) is 8.27. The van der Waals surface area contributed by atoms with Gasteiger partial charge in [0, 0.05) is 48.7 Å². The van der Waals surface area contributed by atoms with Crippen molar-refractivity contribution in [3.8, 4) is 16.9 Å². The van der Waals surface area contributed by atoms with Crippen LogP contribution >= 0.6 is 0 Å². The number of aryl methyl sites for hydroxylation is 1. The van der Waals surface area contributed by atoms with Crippen molar-refractivity contribution < 1.29 is 9.13 Å². The molecule has 2 saturated heterocycles. The van der Waals surface area contributed by atoms with Gasteiger partial charge in [-0.25, -0.2) is 13.9 Å². The van der Waals surface area contributed by atoms with Crippen LogP contribution < -0.4 is 4.74 Å². The summed E-state index contributed by atoms with van der Waals surface area (Å²) in [5.74, 6) is 0.313. The van der Waals surface area contributed by atoms with Crippen LogP contribution in [0.3, 0.4) is 0 Å². The minimum Gasteiger partial charge on any atom is -0.497 e. The second kappa shape index (κ2) is 10.4. The van der Waals surface area contributed by atoms with Gasteiger partial charge in [0.1, 0.15) is 11.6 Å². The molecule has 2 aromatic heterocycles. The van der Waals surface area contributed by atoms with E-state index in [1.807, 2.05) is 26.1 Å². The van der Waals surface area contributed by atoms with E-state index in [0.717, 1.165) is 31.1 Å². The third-order valence-corrected chi connectivity index (χ3v) is 6.47. The van der Waals surface area contributed by atoms with E-state index in [1.165, 1.54) is 45.1 Å². The first kappa shape index (κ1) is 22.7. The summed E-state index contributed by atoms with van der Waals surface area (Å²) in [6.45, 7) is 9.97. The van der Waals surface area contributed by atoms with Gasteiger partial charge in [0.15, 0.2) is 5.65 Å². The van der Waals surface area contributed by atoms with Gasteiger partial charge in [-0.2, -0.15) is 5.10 Å². The summed E-state index contributed by atoms with van der Waals surface area (Å²) in [5.41, 5.74) is 2.85. The average Bonchev–Trinajstić information content (AvgIpc) is 3.47. The SMILES string of the molecule is CC.COc1ccc(F)c(-c2cnn3ccc(CCCN4CCN5CCC[C@H]5C4)nc23)c1. The van der Waals surface area contributed by atoms with E-state index in [4.69, 9.17) is 9.72 Å². The van der Waals surface area contributed by atoms with Gasteiger partial charge in [-0.15, -0.1) is 0 Å². The molecular weight excluding hydrogens is 405 g/mol. The number of hydrogen-bond acceptors (Lipinski definition) is 5. The molecule has 0 unspecified atom stereocenters. The van der Waals surface area contributed by atoms with Gasteiger partial charge in [-0.3, -0.25) is 4.90 Å². The third kappa shape index (κ3) is 4.79. The Kier molecular flexibility index (Phi) is 7.37. The second-order valence-corrected chi connectivity index (χ2v) is 8.33. The van der Waals surface area contributed by atoms with Crippen molar-refractivity contribution in [2.75, 3.05) is 39.8 Å². The smallest absolute Gasteiger partial charge is 0.163 e. The average molecular weight is 440 g/mol. The summed E-state index contributed by atoms with van der Waals surface area (Å²) in [7, 11) is 1.58. The first-order valence-corrected chi connectivity index (χ1v) is 11.8. The van der Waals surface area contributed by atoms with E-state index in [-0.39, 0.29) is 5.82 Å². The highest BCUT2D eigenvalue weighted by Gasteiger charge is 2.30. The number of benzene rings is 1. The molecule has 0 spiro atoms. The fraction of sp³-hybridized carbons (Fsp3) is 0.520. The fourth-order valence-corrected chi connectivity index (χ4v) is 4.82.